The molecule has 0 aliphatic rings. The molecule has 2 aromatic rings. The maximum Gasteiger partial charge on any atom is 0.257 e. The summed E-state index contributed by atoms with van der Waals surface area (Å²) in [6.45, 7) is 0. The zero-order chi connectivity index (χ0) is 13.8. The Labute approximate surface area is 111 Å². The van der Waals surface area contributed by atoms with Crippen LogP contribution in [-0.4, -0.2) is 13.0 Å². The molecule has 0 saturated heterocycles. The molecule has 0 unspecified atom stereocenters. The molecule has 1 amide bonds. The second-order valence-electron chi connectivity index (χ2n) is 4.03. The molecule has 98 valence electrons. The molecule has 2 aromatic carbocycles. The number of carbonyl (C=O) groups excluding carboxylic acids is 1. The van der Waals surface area contributed by atoms with Crippen LogP contribution in [0.3, 0.4) is 0 Å². The second kappa shape index (κ2) is 5.30. The summed E-state index contributed by atoms with van der Waals surface area (Å²) in [4.78, 5) is 12.1. The minimum absolute atomic E-state index is 0.296. The number of anilines is 3. The number of methoxy groups -OCH3 is 1. The van der Waals surface area contributed by atoms with Crippen molar-refractivity contribution in [2.45, 2.75) is 0 Å². The van der Waals surface area contributed by atoms with Crippen LogP contribution < -0.4 is 21.5 Å². The third kappa shape index (κ3) is 2.95. The van der Waals surface area contributed by atoms with Crippen LogP contribution in [0.4, 0.5) is 17.1 Å². The largest absolute Gasteiger partial charge is 0.497 e. The predicted molar refractivity (Wildman–Crippen MR) is 76.2 cm³/mol. The SMILES string of the molecule is COc1ccc(NC(=O)c2cc(N)ccc2N)cc1. The molecule has 0 heterocycles. The lowest BCUT2D eigenvalue weighted by molar-refractivity contribution is 0.102. The monoisotopic (exact) mass is 257 g/mol. The third-order valence-electron chi connectivity index (χ3n) is 2.67. The van der Waals surface area contributed by atoms with E-state index in [4.69, 9.17) is 16.2 Å². The van der Waals surface area contributed by atoms with Crippen molar-refractivity contribution < 1.29 is 9.53 Å². The molecule has 5 nitrogen and oxygen atoms in total. The second-order valence-corrected chi connectivity index (χ2v) is 4.03. The molecule has 0 fully saturated rings. The molecule has 0 radical (unpaired) electrons. The van der Waals surface area contributed by atoms with Crippen LogP contribution in [0.15, 0.2) is 42.5 Å². The van der Waals surface area contributed by atoms with Crippen molar-refractivity contribution in [1.29, 1.82) is 0 Å². The van der Waals surface area contributed by atoms with Crippen LogP contribution in [0.5, 0.6) is 5.75 Å². The van der Waals surface area contributed by atoms with Crippen LogP contribution in [0.2, 0.25) is 0 Å². The first kappa shape index (κ1) is 12.8. The van der Waals surface area contributed by atoms with E-state index in [0.29, 0.717) is 22.6 Å². The van der Waals surface area contributed by atoms with E-state index in [0.717, 1.165) is 5.75 Å². The Balaban J connectivity index is 2.18. The van der Waals surface area contributed by atoms with Gasteiger partial charge in [-0.1, -0.05) is 0 Å². The number of hydrogen-bond acceptors (Lipinski definition) is 4. The topological polar surface area (TPSA) is 90.4 Å². The Morgan fingerprint density at radius 2 is 1.79 bits per heavy atom. The lowest BCUT2D eigenvalue weighted by atomic mass is 10.1. The van der Waals surface area contributed by atoms with Crippen LogP contribution in [0, 0.1) is 0 Å². The fraction of sp³-hybridized carbons (Fsp3) is 0.0714. The van der Waals surface area contributed by atoms with Crippen molar-refractivity contribution >= 4 is 23.0 Å². The van der Waals surface area contributed by atoms with E-state index in [1.807, 2.05) is 0 Å². The zero-order valence-electron chi connectivity index (χ0n) is 10.5. The first-order valence-electron chi connectivity index (χ1n) is 5.70. The highest BCUT2D eigenvalue weighted by Gasteiger charge is 2.10. The van der Waals surface area contributed by atoms with Gasteiger partial charge in [-0.3, -0.25) is 4.79 Å². The van der Waals surface area contributed by atoms with E-state index >= 15 is 0 Å². The molecule has 0 saturated carbocycles. The smallest absolute Gasteiger partial charge is 0.257 e. The van der Waals surface area contributed by atoms with Crippen LogP contribution in [0.25, 0.3) is 0 Å². The quantitative estimate of drug-likeness (QED) is 0.734. The average molecular weight is 257 g/mol. The van der Waals surface area contributed by atoms with Gasteiger partial charge in [-0.15, -0.1) is 0 Å². The summed E-state index contributed by atoms with van der Waals surface area (Å²) >= 11 is 0. The Hall–Kier alpha value is -2.69. The van der Waals surface area contributed by atoms with E-state index in [-0.39, 0.29) is 5.91 Å². The number of benzene rings is 2. The van der Waals surface area contributed by atoms with Gasteiger partial charge >= 0.3 is 0 Å². The van der Waals surface area contributed by atoms with Gasteiger partial charge in [0.1, 0.15) is 5.75 Å². The number of nitrogens with one attached hydrogen (secondary N) is 1. The Bertz CT molecular complexity index is 594. The minimum Gasteiger partial charge on any atom is -0.497 e. The highest BCUT2D eigenvalue weighted by atomic mass is 16.5. The van der Waals surface area contributed by atoms with Gasteiger partial charge < -0.3 is 21.5 Å². The van der Waals surface area contributed by atoms with Crippen LogP contribution in [-0.2, 0) is 0 Å². The summed E-state index contributed by atoms with van der Waals surface area (Å²) in [6, 6.07) is 11.8. The highest BCUT2D eigenvalue weighted by molar-refractivity contribution is 6.08. The molecular weight excluding hydrogens is 242 g/mol. The van der Waals surface area contributed by atoms with Crippen molar-refractivity contribution in [2.24, 2.45) is 0 Å². The van der Waals surface area contributed by atoms with Gasteiger partial charge in [0.2, 0.25) is 0 Å². The number of hydrogen-bond donors (Lipinski definition) is 3. The Morgan fingerprint density at radius 3 is 2.42 bits per heavy atom. The van der Waals surface area contributed by atoms with Gasteiger partial charge in [-0.25, -0.2) is 0 Å². The normalized spacial score (nSPS) is 9.95. The molecule has 0 aliphatic heterocycles. The van der Waals surface area contributed by atoms with Crippen molar-refractivity contribution in [3.05, 3.63) is 48.0 Å². The van der Waals surface area contributed by atoms with Crippen molar-refractivity contribution in [3.63, 3.8) is 0 Å². The van der Waals surface area contributed by atoms with Crippen molar-refractivity contribution in [2.75, 3.05) is 23.9 Å². The van der Waals surface area contributed by atoms with E-state index < -0.39 is 0 Å². The van der Waals surface area contributed by atoms with Crippen molar-refractivity contribution in [1.82, 2.24) is 0 Å². The number of amides is 1. The number of ether oxygens (including phenoxy) is 1. The molecule has 0 aromatic heterocycles. The fourth-order valence-electron chi connectivity index (χ4n) is 1.64. The average Bonchev–Trinajstić information content (AvgIpc) is 2.42. The molecule has 0 bridgehead atoms. The lowest BCUT2D eigenvalue weighted by Crippen LogP contribution is -2.14. The molecule has 0 spiro atoms. The summed E-state index contributed by atoms with van der Waals surface area (Å²) in [5, 5.41) is 2.75. The lowest BCUT2D eigenvalue weighted by Gasteiger charge is -2.09. The molecule has 19 heavy (non-hydrogen) atoms. The van der Waals surface area contributed by atoms with Gasteiger partial charge in [-0.05, 0) is 42.5 Å². The summed E-state index contributed by atoms with van der Waals surface area (Å²) in [5.41, 5.74) is 13.3. The Kier molecular flexibility index (Phi) is 3.56. The van der Waals surface area contributed by atoms with Crippen LogP contribution in [0.1, 0.15) is 10.4 Å². The Morgan fingerprint density at radius 1 is 1.11 bits per heavy atom. The van der Waals surface area contributed by atoms with E-state index in [1.165, 1.54) is 0 Å². The molecule has 5 heteroatoms. The maximum atomic E-state index is 12.1. The summed E-state index contributed by atoms with van der Waals surface area (Å²) < 4.78 is 5.04. The number of rotatable bonds is 3. The zero-order valence-corrected chi connectivity index (χ0v) is 10.5. The highest BCUT2D eigenvalue weighted by Crippen LogP contribution is 2.19. The van der Waals surface area contributed by atoms with Gasteiger partial charge in [0.05, 0.1) is 12.7 Å². The summed E-state index contributed by atoms with van der Waals surface area (Å²) in [7, 11) is 1.58. The van der Waals surface area contributed by atoms with Crippen LogP contribution >= 0.6 is 0 Å². The first-order valence-corrected chi connectivity index (χ1v) is 5.70. The molecule has 0 atom stereocenters. The van der Waals surface area contributed by atoms with Crippen molar-refractivity contribution in [3.8, 4) is 5.75 Å². The molecule has 0 aliphatic carbocycles. The van der Waals surface area contributed by atoms with E-state index in [2.05, 4.69) is 5.32 Å². The number of carbonyl (C=O) groups is 1. The number of nitrogens with two attached hydrogens (primary N) is 2. The first-order chi connectivity index (χ1) is 9.10. The molecule has 2 rings (SSSR count). The molecular formula is C14H15N3O2. The summed E-state index contributed by atoms with van der Waals surface area (Å²) in [5.74, 6) is 0.427. The summed E-state index contributed by atoms with van der Waals surface area (Å²) in [6.07, 6.45) is 0. The maximum absolute atomic E-state index is 12.1. The molecule has 5 N–H and O–H groups in total. The third-order valence-corrected chi connectivity index (χ3v) is 2.67. The van der Waals surface area contributed by atoms with E-state index in [1.54, 1.807) is 49.6 Å². The van der Waals surface area contributed by atoms with E-state index in [9.17, 15) is 4.79 Å². The minimum atomic E-state index is -0.296. The number of nitrogen functional groups attached to an aromatic ring is 2. The van der Waals surface area contributed by atoms with Gasteiger partial charge in [-0.2, -0.15) is 0 Å². The fourth-order valence-corrected chi connectivity index (χ4v) is 1.64. The van der Waals surface area contributed by atoms with Gasteiger partial charge in [0.25, 0.3) is 5.91 Å². The standard InChI is InChI=1S/C14H15N3O2/c1-19-11-5-3-10(4-6-11)17-14(18)12-8-9(15)2-7-13(12)16/h2-8H,15-16H2,1H3,(H,17,18). The predicted octanol–water partition coefficient (Wildman–Crippen LogP) is 2.11. The van der Waals surface area contributed by atoms with Gasteiger partial charge in [0.15, 0.2) is 0 Å². The van der Waals surface area contributed by atoms with Gasteiger partial charge in [0, 0.05) is 17.1 Å².